The van der Waals surface area contributed by atoms with Gasteiger partial charge in [0.25, 0.3) is 0 Å². The second-order valence-corrected chi connectivity index (χ2v) is 8.54. The number of rotatable bonds is 7. The maximum Gasteiger partial charge on any atom is 0.175 e. The van der Waals surface area contributed by atoms with Crippen molar-refractivity contribution >= 4 is 33.5 Å². The lowest BCUT2D eigenvalue weighted by Crippen LogP contribution is -2.36. The SMILES string of the molecule is COc1cc(C=Nc2ccc(N3CCOCC3)cc2)cc(Br)c1OCc1cccc(C)c1. The summed E-state index contributed by atoms with van der Waals surface area (Å²) < 4.78 is 17.9. The molecular weight excluding hydrogens is 468 g/mol. The highest BCUT2D eigenvalue weighted by atomic mass is 79.9. The van der Waals surface area contributed by atoms with Crippen molar-refractivity contribution in [2.45, 2.75) is 13.5 Å². The first kappa shape index (κ1) is 22.4. The monoisotopic (exact) mass is 494 g/mol. The van der Waals surface area contributed by atoms with E-state index in [1.807, 2.05) is 36.5 Å². The number of hydrogen-bond acceptors (Lipinski definition) is 5. The van der Waals surface area contributed by atoms with Gasteiger partial charge in [-0.05, 0) is 70.4 Å². The molecule has 1 fully saturated rings. The quantitative estimate of drug-likeness (QED) is 0.381. The predicted molar refractivity (Wildman–Crippen MR) is 133 cm³/mol. The minimum Gasteiger partial charge on any atom is -0.493 e. The van der Waals surface area contributed by atoms with Gasteiger partial charge < -0.3 is 19.1 Å². The van der Waals surface area contributed by atoms with Crippen molar-refractivity contribution in [3.05, 3.63) is 81.8 Å². The molecule has 0 bridgehead atoms. The molecule has 0 amide bonds. The van der Waals surface area contributed by atoms with E-state index in [2.05, 4.69) is 63.1 Å². The number of aryl methyl sites for hydroxylation is 1. The largest absolute Gasteiger partial charge is 0.493 e. The van der Waals surface area contributed by atoms with Gasteiger partial charge in [0.15, 0.2) is 11.5 Å². The smallest absolute Gasteiger partial charge is 0.175 e. The predicted octanol–water partition coefficient (Wildman–Crippen LogP) is 5.93. The van der Waals surface area contributed by atoms with Crippen molar-refractivity contribution in [1.82, 2.24) is 0 Å². The number of halogens is 1. The molecule has 0 aromatic heterocycles. The van der Waals surface area contributed by atoms with Gasteiger partial charge in [0.05, 0.1) is 30.5 Å². The molecule has 0 aliphatic carbocycles. The minimum atomic E-state index is 0.472. The van der Waals surface area contributed by atoms with Gasteiger partial charge in [-0.25, -0.2) is 0 Å². The van der Waals surface area contributed by atoms with E-state index < -0.39 is 0 Å². The summed E-state index contributed by atoms with van der Waals surface area (Å²) in [5.74, 6) is 1.34. The maximum absolute atomic E-state index is 6.06. The van der Waals surface area contributed by atoms with Gasteiger partial charge in [0.2, 0.25) is 0 Å². The van der Waals surface area contributed by atoms with Gasteiger partial charge >= 0.3 is 0 Å². The van der Waals surface area contributed by atoms with Crippen LogP contribution in [0.1, 0.15) is 16.7 Å². The Bertz CT molecular complexity index is 1080. The molecule has 1 saturated heterocycles. The number of nitrogens with zero attached hydrogens (tertiary/aromatic N) is 2. The zero-order valence-corrected chi connectivity index (χ0v) is 20.0. The Morgan fingerprint density at radius 3 is 2.56 bits per heavy atom. The van der Waals surface area contributed by atoms with Crippen LogP contribution < -0.4 is 14.4 Å². The summed E-state index contributed by atoms with van der Waals surface area (Å²) >= 11 is 3.62. The Morgan fingerprint density at radius 1 is 1.06 bits per heavy atom. The molecule has 1 heterocycles. The lowest BCUT2D eigenvalue weighted by molar-refractivity contribution is 0.122. The van der Waals surface area contributed by atoms with Crippen LogP contribution >= 0.6 is 15.9 Å². The summed E-state index contributed by atoms with van der Waals surface area (Å²) in [7, 11) is 1.65. The molecule has 0 atom stereocenters. The van der Waals surface area contributed by atoms with Crippen LogP contribution in [-0.4, -0.2) is 39.6 Å². The second kappa shape index (κ2) is 10.7. The molecule has 3 aromatic carbocycles. The summed E-state index contributed by atoms with van der Waals surface area (Å²) in [6.07, 6.45) is 1.83. The summed E-state index contributed by atoms with van der Waals surface area (Å²) in [6.45, 7) is 5.95. The van der Waals surface area contributed by atoms with Crippen molar-refractivity contribution in [2.75, 3.05) is 38.3 Å². The van der Waals surface area contributed by atoms with E-state index in [0.29, 0.717) is 18.1 Å². The van der Waals surface area contributed by atoms with Crippen LogP contribution in [0.2, 0.25) is 0 Å². The van der Waals surface area contributed by atoms with Crippen LogP contribution in [0.3, 0.4) is 0 Å². The summed E-state index contributed by atoms with van der Waals surface area (Å²) in [6, 6.07) is 20.5. The van der Waals surface area contributed by atoms with Crippen LogP contribution in [0.25, 0.3) is 0 Å². The topological polar surface area (TPSA) is 43.3 Å². The molecule has 4 rings (SSSR count). The molecule has 0 saturated carbocycles. The molecule has 3 aromatic rings. The lowest BCUT2D eigenvalue weighted by Gasteiger charge is -2.28. The first-order chi connectivity index (χ1) is 15.6. The lowest BCUT2D eigenvalue weighted by atomic mass is 10.1. The van der Waals surface area contributed by atoms with E-state index in [9.17, 15) is 0 Å². The standard InChI is InChI=1S/C26H27BrN2O3/c1-19-4-3-5-20(14-19)18-32-26-24(27)15-21(16-25(26)30-2)17-28-22-6-8-23(9-7-22)29-10-12-31-13-11-29/h3-9,14-17H,10-13,18H2,1-2H3. The third-order valence-corrected chi connectivity index (χ3v) is 5.90. The third-order valence-electron chi connectivity index (χ3n) is 5.31. The number of ether oxygens (including phenoxy) is 3. The molecule has 0 spiro atoms. The van der Waals surface area contributed by atoms with Crippen molar-refractivity contribution in [2.24, 2.45) is 4.99 Å². The van der Waals surface area contributed by atoms with Crippen LogP contribution in [0, 0.1) is 6.92 Å². The average Bonchev–Trinajstić information content (AvgIpc) is 2.82. The van der Waals surface area contributed by atoms with Crippen LogP contribution in [0.4, 0.5) is 11.4 Å². The molecule has 0 radical (unpaired) electrons. The van der Waals surface area contributed by atoms with Crippen LogP contribution in [0.5, 0.6) is 11.5 Å². The number of benzene rings is 3. The van der Waals surface area contributed by atoms with Crippen molar-refractivity contribution in [1.29, 1.82) is 0 Å². The molecule has 1 aliphatic heterocycles. The van der Waals surface area contributed by atoms with E-state index in [-0.39, 0.29) is 0 Å². The Balaban J connectivity index is 1.45. The summed E-state index contributed by atoms with van der Waals surface area (Å²) in [5, 5.41) is 0. The highest BCUT2D eigenvalue weighted by Gasteiger charge is 2.12. The molecule has 6 heteroatoms. The first-order valence-corrected chi connectivity index (χ1v) is 11.4. The van der Waals surface area contributed by atoms with E-state index >= 15 is 0 Å². The molecule has 1 aliphatic rings. The Kier molecular flexibility index (Phi) is 7.45. The van der Waals surface area contributed by atoms with E-state index in [1.165, 1.54) is 11.3 Å². The van der Waals surface area contributed by atoms with E-state index in [1.54, 1.807) is 7.11 Å². The third kappa shape index (κ3) is 5.69. The Morgan fingerprint density at radius 2 is 1.84 bits per heavy atom. The first-order valence-electron chi connectivity index (χ1n) is 10.6. The normalized spacial score (nSPS) is 14.0. The van der Waals surface area contributed by atoms with Crippen molar-refractivity contribution in [3.8, 4) is 11.5 Å². The van der Waals surface area contributed by atoms with Gasteiger partial charge in [0.1, 0.15) is 6.61 Å². The molecule has 166 valence electrons. The Labute approximate surface area is 197 Å². The molecule has 0 N–H and O–H groups in total. The number of methoxy groups -OCH3 is 1. The highest BCUT2D eigenvalue weighted by Crippen LogP contribution is 2.37. The molecular formula is C26H27BrN2O3. The van der Waals surface area contributed by atoms with Gasteiger partial charge in [-0.3, -0.25) is 4.99 Å². The highest BCUT2D eigenvalue weighted by molar-refractivity contribution is 9.10. The van der Waals surface area contributed by atoms with E-state index in [0.717, 1.165) is 47.6 Å². The van der Waals surface area contributed by atoms with Crippen molar-refractivity contribution in [3.63, 3.8) is 0 Å². The number of hydrogen-bond donors (Lipinski definition) is 0. The van der Waals surface area contributed by atoms with Crippen molar-refractivity contribution < 1.29 is 14.2 Å². The minimum absolute atomic E-state index is 0.472. The van der Waals surface area contributed by atoms with Gasteiger partial charge in [-0.2, -0.15) is 0 Å². The summed E-state index contributed by atoms with van der Waals surface area (Å²) in [5.41, 5.74) is 5.35. The molecule has 32 heavy (non-hydrogen) atoms. The fourth-order valence-corrected chi connectivity index (χ4v) is 4.21. The maximum atomic E-state index is 6.06. The second-order valence-electron chi connectivity index (χ2n) is 7.69. The average molecular weight is 495 g/mol. The zero-order valence-electron chi connectivity index (χ0n) is 18.4. The zero-order chi connectivity index (χ0) is 22.3. The van der Waals surface area contributed by atoms with E-state index in [4.69, 9.17) is 14.2 Å². The fourth-order valence-electron chi connectivity index (χ4n) is 3.63. The van der Waals surface area contributed by atoms with Gasteiger partial charge in [-0.15, -0.1) is 0 Å². The number of aliphatic imine (C=N–C) groups is 1. The van der Waals surface area contributed by atoms with Crippen LogP contribution in [0.15, 0.2) is 70.1 Å². The summed E-state index contributed by atoms with van der Waals surface area (Å²) in [4.78, 5) is 6.95. The fraction of sp³-hybridized carbons (Fsp3) is 0.269. The van der Waals surface area contributed by atoms with Gasteiger partial charge in [0, 0.05) is 25.0 Å². The number of morpholine rings is 1. The van der Waals surface area contributed by atoms with Crippen LogP contribution in [-0.2, 0) is 11.3 Å². The number of anilines is 1. The molecule has 0 unspecified atom stereocenters. The Hall–Kier alpha value is -2.83. The van der Waals surface area contributed by atoms with Gasteiger partial charge in [-0.1, -0.05) is 29.8 Å². The molecule has 5 nitrogen and oxygen atoms in total.